The molecule has 2 amide bonds. The number of aliphatic hydroxyl groups excluding tert-OH is 1. The number of hydrogen-bond donors (Lipinski definition) is 3. The van der Waals surface area contributed by atoms with Crippen LogP contribution in [0.25, 0.3) is 0 Å². The number of urea groups is 1. The van der Waals surface area contributed by atoms with Crippen LogP contribution in [0.15, 0.2) is 24.3 Å². The minimum Gasteiger partial charge on any atom is -0.497 e. The summed E-state index contributed by atoms with van der Waals surface area (Å²) in [5, 5.41) is 15.5. The average molecular weight is 292 g/mol. The Morgan fingerprint density at radius 2 is 2.00 bits per heavy atom. The summed E-state index contributed by atoms with van der Waals surface area (Å²) in [6.45, 7) is 0.570. The summed E-state index contributed by atoms with van der Waals surface area (Å²) in [4.78, 5) is 11.8. The van der Waals surface area contributed by atoms with Gasteiger partial charge in [-0.15, -0.1) is 0 Å². The Balaban J connectivity index is 1.68. The molecule has 2 unspecified atom stereocenters. The topological polar surface area (TPSA) is 70.6 Å². The molecule has 2 rings (SSSR count). The minimum atomic E-state index is -0.411. The summed E-state index contributed by atoms with van der Waals surface area (Å²) in [7, 11) is 1.64. The SMILES string of the molecule is COc1ccc(CCNC(=O)NC2CCCCC2O)cc1. The normalized spacial score (nSPS) is 21.6. The van der Waals surface area contributed by atoms with Gasteiger partial charge in [0.05, 0.1) is 19.3 Å². The standard InChI is InChI=1S/C16H24N2O3/c1-21-13-8-6-12(7-9-13)10-11-17-16(20)18-14-4-2-3-5-15(14)19/h6-9,14-15,19H,2-5,10-11H2,1H3,(H2,17,18,20). The number of ether oxygens (including phenoxy) is 1. The van der Waals surface area contributed by atoms with E-state index in [4.69, 9.17) is 4.74 Å². The Kier molecular flexibility index (Phi) is 5.87. The molecule has 2 atom stereocenters. The lowest BCUT2D eigenvalue weighted by molar-refractivity contribution is 0.0943. The first kappa shape index (κ1) is 15.6. The number of benzene rings is 1. The van der Waals surface area contributed by atoms with Crippen molar-refractivity contribution in [2.24, 2.45) is 0 Å². The largest absolute Gasteiger partial charge is 0.497 e. The van der Waals surface area contributed by atoms with E-state index < -0.39 is 6.10 Å². The zero-order valence-electron chi connectivity index (χ0n) is 12.5. The summed E-state index contributed by atoms with van der Waals surface area (Å²) in [5.74, 6) is 0.829. The summed E-state index contributed by atoms with van der Waals surface area (Å²) >= 11 is 0. The monoisotopic (exact) mass is 292 g/mol. The van der Waals surface area contributed by atoms with Crippen molar-refractivity contribution in [3.05, 3.63) is 29.8 Å². The maximum absolute atomic E-state index is 11.8. The molecule has 5 nitrogen and oxygen atoms in total. The molecule has 1 saturated carbocycles. The number of amides is 2. The summed E-state index contributed by atoms with van der Waals surface area (Å²) in [6, 6.07) is 7.49. The third kappa shape index (κ3) is 4.93. The van der Waals surface area contributed by atoms with Crippen LogP contribution in [0, 0.1) is 0 Å². The van der Waals surface area contributed by atoms with E-state index >= 15 is 0 Å². The van der Waals surface area contributed by atoms with Gasteiger partial charge in [0.25, 0.3) is 0 Å². The molecule has 0 radical (unpaired) electrons. The Morgan fingerprint density at radius 1 is 1.29 bits per heavy atom. The van der Waals surface area contributed by atoms with Crippen molar-refractivity contribution in [3.63, 3.8) is 0 Å². The molecule has 1 fully saturated rings. The molecule has 21 heavy (non-hydrogen) atoms. The van der Waals surface area contributed by atoms with Crippen LogP contribution in [0.1, 0.15) is 31.2 Å². The van der Waals surface area contributed by atoms with Gasteiger partial charge in [-0.25, -0.2) is 4.79 Å². The zero-order valence-corrected chi connectivity index (χ0v) is 12.5. The number of hydrogen-bond acceptors (Lipinski definition) is 3. The minimum absolute atomic E-state index is 0.111. The lowest BCUT2D eigenvalue weighted by Crippen LogP contribution is -2.49. The summed E-state index contributed by atoms with van der Waals surface area (Å²) in [5.41, 5.74) is 1.15. The van der Waals surface area contributed by atoms with Gasteiger partial charge in [-0.1, -0.05) is 25.0 Å². The number of methoxy groups -OCH3 is 1. The number of nitrogens with one attached hydrogen (secondary N) is 2. The van der Waals surface area contributed by atoms with Gasteiger partial charge in [0.2, 0.25) is 0 Å². The van der Waals surface area contributed by atoms with E-state index in [1.807, 2.05) is 24.3 Å². The highest BCUT2D eigenvalue weighted by Gasteiger charge is 2.24. The van der Waals surface area contributed by atoms with Gasteiger partial charge >= 0.3 is 6.03 Å². The van der Waals surface area contributed by atoms with Gasteiger partial charge in [-0.2, -0.15) is 0 Å². The molecule has 0 aromatic heterocycles. The van der Waals surface area contributed by atoms with Crippen molar-refractivity contribution < 1.29 is 14.6 Å². The van der Waals surface area contributed by atoms with Crippen molar-refractivity contribution >= 4 is 6.03 Å². The lowest BCUT2D eigenvalue weighted by atomic mass is 9.93. The second kappa shape index (κ2) is 7.88. The quantitative estimate of drug-likeness (QED) is 0.775. The van der Waals surface area contributed by atoms with E-state index in [0.717, 1.165) is 43.4 Å². The second-order valence-corrected chi connectivity index (χ2v) is 5.46. The van der Waals surface area contributed by atoms with Gasteiger partial charge in [0.15, 0.2) is 0 Å². The van der Waals surface area contributed by atoms with E-state index in [1.54, 1.807) is 7.11 Å². The van der Waals surface area contributed by atoms with Crippen molar-refractivity contribution in [2.75, 3.05) is 13.7 Å². The third-order valence-corrected chi connectivity index (χ3v) is 3.90. The van der Waals surface area contributed by atoms with Crippen LogP contribution < -0.4 is 15.4 Å². The highest BCUT2D eigenvalue weighted by Crippen LogP contribution is 2.18. The maximum atomic E-state index is 11.8. The number of aliphatic hydroxyl groups is 1. The fourth-order valence-electron chi connectivity index (χ4n) is 2.61. The van der Waals surface area contributed by atoms with Gasteiger partial charge in [0, 0.05) is 6.54 Å². The molecule has 1 aliphatic carbocycles. The van der Waals surface area contributed by atoms with Gasteiger partial charge in [0.1, 0.15) is 5.75 Å². The molecule has 0 spiro atoms. The predicted octanol–water partition coefficient (Wildman–Crippen LogP) is 1.84. The van der Waals surface area contributed by atoms with Crippen LogP contribution in [-0.2, 0) is 6.42 Å². The highest BCUT2D eigenvalue weighted by atomic mass is 16.5. The molecule has 116 valence electrons. The molecule has 5 heteroatoms. The molecular weight excluding hydrogens is 268 g/mol. The molecule has 1 aromatic rings. The third-order valence-electron chi connectivity index (χ3n) is 3.90. The molecule has 0 saturated heterocycles. The van der Waals surface area contributed by atoms with E-state index in [1.165, 1.54) is 0 Å². The molecule has 3 N–H and O–H groups in total. The van der Waals surface area contributed by atoms with Crippen LogP contribution >= 0.6 is 0 Å². The van der Waals surface area contributed by atoms with Gasteiger partial charge < -0.3 is 20.5 Å². The Bertz CT molecular complexity index is 447. The molecule has 1 aliphatic rings. The molecule has 1 aromatic carbocycles. The smallest absolute Gasteiger partial charge is 0.315 e. The summed E-state index contributed by atoms with van der Waals surface area (Å²) in [6.07, 6.45) is 4.09. The number of carbonyl (C=O) groups excluding carboxylic acids is 1. The lowest BCUT2D eigenvalue weighted by Gasteiger charge is -2.28. The fourth-order valence-corrected chi connectivity index (χ4v) is 2.61. The second-order valence-electron chi connectivity index (χ2n) is 5.46. The van der Waals surface area contributed by atoms with E-state index in [2.05, 4.69) is 10.6 Å². The van der Waals surface area contributed by atoms with Crippen molar-refractivity contribution in [1.29, 1.82) is 0 Å². The van der Waals surface area contributed by atoms with Crippen LogP contribution in [0.5, 0.6) is 5.75 Å². The first-order valence-electron chi connectivity index (χ1n) is 7.54. The van der Waals surface area contributed by atoms with Crippen molar-refractivity contribution in [1.82, 2.24) is 10.6 Å². The van der Waals surface area contributed by atoms with Crippen molar-refractivity contribution in [2.45, 2.75) is 44.2 Å². The fraction of sp³-hybridized carbons (Fsp3) is 0.562. The summed E-state index contributed by atoms with van der Waals surface area (Å²) < 4.78 is 5.10. The zero-order chi connectivity index (χ0) is 15.1. The average Bonchev–Trinajstić information content (AvgIpc) is 2.50. The first-order chi connectivity index (χ1) is 10.2. The predicted molar refractivity (Wildman–Crippen MR) is 81.5 cm³/mol. The first-order valence-corrected chi connectivity index (χ1v) is 7.54. The van der Waals surface area contributed by atoms with Crippen LogP contribution in [0.4, 0.5) is 4.79 Å². The Morgan fingerprint density at radius 3 is 2.67 bits per heavy atom. The van der Waals surface area contributed by atoms with Crippen LogP contribution in [-0.4, -0.2) is 36.9 Å². The highest BCUT2D eigenvalue weighted by molar-refractivity contribution is 5.74. The van der Waals surface area contributed by atoms with E-state index in [9.17, 15) is 9.90 Å². The van der Waals surface area contributed by atoms with E-state index in [-0.39, 0.29) is 12.1 Å². The van der Waals surface area contributed by atoms with Crippen LogP contribution in [0.2, 0.25) is 0 Å². The maximum Gasteiger partial charge on any atom is 0.315 e. The Hall–Kier alpha value is -1.75. The Labute approximate surface area is 125 Å². The molecule has 0 aliphatic heterocycles. The molecular formula is C16H24N2O3. The van der Waals surface area contributed by atoms with Crippen LogP contribution in [0.3, 0.4) is 0 Å². The molecule has 0 heterocycles. The molecule has 0 bridgehead atoms. The van der Waals surface area contributed by atoms with Crippen molar-refractivity contribution in [3.8, 4) is 5.75 Å². The van der Waals surface area contributed by atoms with E-state index in [0.29, 0.717) is 6.54 Å². The number of rotatable bonds is 5. The van der Waals surface area contributed by atoms with Gasteiger partial charge in [-0.3, -0.25) is 0 Å². The number of carbonyl (C=O) groups is 1. The van der Waals surface area contributed by atoms with Gasteiger partial charge in [-0.05, 0) is 37.0 Å².